The third-order valence-electron chi connectivity index (χ3n) is 0.323. The molecule has 0 aliphatic heterocycles. The second kappa shape index (κ2) is 2.76. The van der Waals surface area contributed by atoms with Crippen LogP contribution >= 0.6 is 28.3 Å². The second-order valence-electron chi connectivity index (χ2n) is 0.985. The van der Waals surface area contributed by atoms with E-state index in [1.54, 1.807) is 13.0 Å². The van der Waals surface area contributed by atoms with E-state index in [0.717, 1.165) is 0 Å². The number of allylic oxidation sites excluding steroid dienone is 1. The van der Waals surface area contributed by atoms with Crippen LogP contribution in [0.25, 0.3) is 0 Å². The molecular weight excluding hydrogens is 154 g/mol. The Hall–Kier alpha value is 0.550. The van der Waals surface area contributed by atoms with Crippen LogP contribution in [0.5, 0.6) is 0 Å². The molecule has 0 aromatic rings. The molecule has 0 amide bonds. The van der Waals surface area contributed by atoms with E-state index >= 15 is 0 Å². The Labute approximate surface area is 52.3 Å². The van der Waals surface area contributed by atoms with Gasteiger partial charge in [0.2, 0.25) is 0 Å². The van der Waals surface area contributed by atoms with E-state index in [0.29, 0.717) is 0 Å². The summed E-state index contributed by atoms with van der Waals surface area (Å²) in [6, 6.07) is 0. The molecule has 0 aliphatic rings. The molecule has 0 radical (unpaired) electrons. The molecule has 0 N–H and O–H groups in total. The number of halogens is 2. The van der Waals surface area contributed by atoms with Crippen molar-refractivity contribution in [1.82, 2.24) is 0 Å². The van der Waals surface area contributed by atoms with Crippen molar-refractivity contribution in [2.45, 2.75) is 6.92 Å². The average Bonchev–Trinajstić information content (AvgIpc) is 1.30. The van der Waals surface area contributed by atoms with E-state index in [9.17, 15) is 4.57 Å². The number of hydrogen-bond donors (Lipinski definition) is 0. The SMILES string of the molecule is C/C=C\P(=O)(Cl)Cl. The summed E-state index contributed by atoms with van der Waals surface area (Å²) in [6.45, 7) is 1.71. The van der Waals surface area contributed by atoms with Crippen LogP contribution in [0.3, 0.4) is 0 Å². The van der Waals surface area contributed by atoms with Crippen molar-refractivity contribution in [2.24, 2.45) is 0 Å². The normalized spacial score (nSPS) is 13.0. The lowest BCUT2D eigenvalue weighted by atomic mass is 10.8. The Kier molecular flexibility index (Phi) is 2.98. The van der Waals surface area contributed by atoms with Crippen LogP contribution < -0.4 is 0 Å². The minimum absolute atomic E-state index is 1.27. The molecule has 0 heterocycles. The van der Waals surface area contributed by atoms with Crippen LogP contribution in [0.15, 0.2) is 11.9 Å². The van der Waals surface area contributed by atoms with Gasteiger partial charge >= 0.3 is 0 Å². The Morgan fingerprint density at radius 3 is 2.00 bits per heavy atom. The van der Waals surface area contributed by atoms with Gasteiger partial charge in [-0.05, 0) is 35.2 Å². The molecule has 0 aromatic carbocycles. The highest BCUT2D eigenvalue weighted by Gasteiger charge is 2.04. The van der Waals surface area contributed by atoms with Crippen LogP contribution in [0.2, 0.25) is 0 Å². The highest BCUT2D eigenvalue weighted by Crippen LogP contribution is 2.57. The highest BCUT2D eigenvalue weighted by molar-refractivity contribution is 8.10. The molecule has 0 rings (SSSR count). The average molecular weight is 159 g/mol. The minimum Gasteiger partial charge on any atom is -0.285 e. The molecule has 1 nitrogen and oxygen atoms in total. The van der Waals surface area contributed by atoms with Gasteiger partial charge in [0.1, 0.15) is 0 Å². The quantitative estimate of drug-likeness (QED) is 0.536. The summed E-state index contributed by atoms with van der Waals surface area (Å²) in [5.41, 5.74) is 0. The van der Waals surface area contributed by atoms with E-state index in [1.807, 2.05) is 0 Å². The van der Waals surface area contributed by atoms with Gasteiger partial charge in [0.05, 0.1) is 0 Å². The molecule has 7 heavy (non-hydrogen) atoms. The first-order chi connectivity index (χ1) is 3.06. The number of rotatable bonds is 1. The maximum Gasteiger partial charge on any atom is 0.274 e. The lowest BCUT2D eigenvalue weighted by molar-refractivity contribution is 0.597. The van der Waals surface area contributed by atoms with Crippen molar-refractivity contribution in [3.63, 3.8) is 0 Å². The molecule has 0 aliphatic carbocycles. The molecule has 0 aromatic heterocycles. The molecular formula is C3H5Cl2OP. The first-order valence-corrected chi connectivity index (χ1v) is 5.28. The summed E-state index contributed by atoms with van der Waals surface area (Å²) in [4.78, 5) is 0. The Morgan fingerprint density at radius 2 is 2.00 bits per heavy atom. The van der Waals surface area contributed by atoms with Crippen molar-refractivity contribution in [3.05, 3.63) is 11.9 Å². The monoisotopic (exact) mass is 158 g/mol. The zero-order valence-corrected chi connectivity index (χ0v) is 6.17. The molecule has 0 atom stereocenters. The molecule has 4 heteroatoms. The standard InChI is InChI=1S/C3H5Cl2OP/c1-2-3-7(4,5)6/h2-3H,1H3/b3-2-. The van der Waals surface area contributed by atoms with Crippen molar-refractivity contribution >= 4 is 28.3 Å². The molecule has 0 bridgehead atoms. The van der Waals surface area contributed by atoms with Gasteiger partial charge < -0.3 is 0 Å². The van der Waals surface area contributed by atoms with Crippen LogP contribution in [0.4, 0.5) is 0 Å². The molecule has 42 valence electrons. The Bertz CT molecular complexity index is 114. The first-order valence-electron chi connectivity index (χ1n) is 1.69. The molecule has 0 fully saturated rings. The fraction of sp³-hybridized carbons (Fsp3) is 0.333. The fourth-order valence-electron chi connectivity index (χ4n) is 0.174. The summed E-state index contributed by atoms with van der Waals surface area (Å²) in [5.74, 6) is -1.63. The van der Waals surface area contributed by atoms with Gasteiger partial charge in [0.25, 0.3) is 5.85 Å². The van der Waals surface area contributed by atoms with Crippen molar-refractivity contribution in [3.8, 4) is 0 Å². The van der Waals surface area contributed by atoms with E-state index in [1.165, 1.54) is 5.82 Å². The molecule has 0 spiro atoms. The molecule has 0 saturated carbocycles. The van der Waals surface area contributed by atoms with Crippen molar-refractivity contribution in [1.29, 1.82) is 0 Å². The molecule has 0 saturated heterocycles. The van der Waals surface area contributed by atoms with Gasteiger partial charge in [0.15, 0.2) is 0 Å². The maximum atomic E-state index is 10.3. The highest BCUT2D eigenvalue weighted by atomic mass is 35.9. The topological polar surface area (TPSA) is 17.1 Å². The van der Waals surface area contributed by atoms with Gasteiger partial charge in [-0.1, -0.05) is 6.08 Å². The van der Waals surface area contributed by atoms with Gasteiger partial charge in [0, 0.05) is 0 Å². The Morgan fingerprint density at radius 1 is 1.57 bits per heavy atom. The third-order valence-corrected chi connectivity index (χ3v) is 1.64. The lowest BCUT2D eigenvalue weighted by Gasteiger charge is -1.85. The van der Waals surface area contributed by atoms with E-state index < -0.39 is 5.85 Å². The van der Waals surface area contributed by atoms with Crippen LogP contribution in [0.1, 0.15) is 6.92 Å². The maximum absolute atomic E-state index is 10.3. The molecule has 0 unspecified atom stereocenters. The zero-order chi connectivity index (χ0) is 5.91. The first kappa shape index (κ1) is 7.55. The summed E-state index contributed by atoms with van der Waals surface area (Å²) < 4.78 is 10.3. The zero-order valence-electron chi connectivity index (χ0n) is 3.77. The smallest absolute Gasteiger partial charge is 0.274 e. The lowest BCUT2D eigenvalue weighted by Crippen LogP contribution is -1.42. The fourth-order valence-corrected chi connectivity index (χ4v) is 1.20. The van der Waals surface area contributed by atoms with Crippen molar-refractivity contribution in [2.75, 3.05) is 0 Å². The number of hydrogen-bond acceptors (Lipinski definition) is 1. The van der Waals surface area contributed by atoms with Gasteiger partial charge in [-0.3, -0.25) is 4.57 Å². The van der Waals surface area contributed by atoms with Gasteiger partial charge in [-0.25, -0.2) is 0 Å². The van der Waals surface area contributed by atoms with Crippen LogP contribution in [0, 0.1) is 0 Å². The van der Waals surface area contributed by atoms with E-state index in [-0.39, 0.29) is 0 Å². The summed E-state index contributed by atoms with van der Waals surface area (Å²) >= 11 is 10.1. The van der Waals surface area contributed by atoms with Crippen LogP contribution in [-0.4, -0.2) is 0 Å². The van der Waals surface area contributed by atoms with Gasteiger partial charge in [-0.15, -0.1) is 0 Å². The second-order valence-corrected chi connectivity index (χ2v) is 5.82. The minimum atomic E-state index is -2.90. The summed E-state index contributed by atoms with van der Waals surface area (Å²) in [5, 5.41) is 0. The van der Waals surface area contributed by atoms with Crippen molar-refractivity contribution < 1.29 is 4.57 Å². The van der Waals surface area contributed by atoms with E-state index in [4.69, 9.17) is 22.5 Å². The summed E-state index contributed by atoms with van der Waals surface area (Å²) in [6.07, 6.45) is 1.56. The van der Waals surface area contributed by atoms with E-state index in [2.05, 4.69) is 0 Å². The summed E-state index contributed by atoms with van der Waals surface area (Å²) in [7, 11) is 0. The third kappa shape index (κ3) is 6.55. The van der Waals surface area contributed by atoms with Crippen LogP contribution in [-0.2, 0) is 4.57 Å². The predicted octanol–water partition coefficient (Wildman–Crippen LogP) is 3.19. The Balaban J connectivity index is 3.82. The van der Waals surface area contributed by atoms with Gasteiger partial charge in [-0.2, -0.15) is 0 Å². The predicted molar refractivity (Wildman–Crippen MR) is 34.1 cm³/mol. The largest absolute Gasteiger partial charge is 0.285 e.